The fourth-order valence-corrected chi connectivity index (χ4v) is 1.71. The number of halogens is 1. The number of rotatable bonds is 3. The number of nitrogens with two attached hydrogens (primary N) is 2. The minimum Gasteiger partial charge on any atom is -0.454 e. The molecule has 19 heavy (non-hydrogen) atoms. The quantitative estimate of drug-likeness (QED) is 0.832. The highest BCUT2D eigenvalue weighted by atomic mass is 19.1. The molecule has 0 saturated carbocycles. The Bertz CT molecular complexity index is 641. The van der Waals surface area contributed by atoms with Crippen LogP contribution in [0.3, 0.4) is 0 Å². The number of anilines is 1. The van der Waals surface area contributed by atoms with Crippen LogP contribution in [-0.2, 0) is 0 Å². The minimum atomic E-state index is -0.890. The molecular formula is C14H13FN2O2. The molecule has 1 amide bonds. The van der Waals surface area contributed by atoms with Gasteiger partial charge in [-0.05, 0) is 36.8 Å². The molecule has 0 atom stereocenters. The summed E-state index contributed by atoms with van der Waals surface area (Å²) in [5.41, 5.74) is 12.0. The van der Waals surface area contributed by atoms with Crippen molar-refractivity contribution < 1.29 is 13.9 Å². The minimum absolute atomic E-state index is 0.0445. The van der Waals surface area contributed by atoms with Crippen molar-refractivity contribution in [3.63, 3.8) is 0 Å². The van der Waals surface area contributed by atoms with Crippen LogP contribution in [0.5, 0.6) is 11.5 Å². The Morgan fingerprint density at radius 2 is 1.95 bits per heavy atom. The summed E-state index contributed by atoms with van der Waals surface area (Å²) < 4.78 is 19.0. The molecule has 4 nitrogen and oxygen atoms in total. The SMILES string of the molecule is Cc1ccc(Oc2cccc(F)c2C(N)=O)c(N)c1. The average molecular weight is 260 g/mol. The molecule has 0 aliphatic carbocycles. The molecule has 0 aromatic heterocycles. The number of carbonyl (C=O) groups excluding carboxylic acids is 1. The first-order chi connectivity index (χ1) is 8.99. The number of primary amides is 1. The first-order valence-corrected chi connectivity index (χ1v) is 5.61. The van der Waals surface area contributed by atoms with Gasteiger partial charge in [0, 0.05) is 0 Å². The third-order valence-electron chi connectivity index (χ3n) is 2.61. The summed E-state index contributed by atoms with van der Waals surface area (Å²) in [5, 5.41) is 0. The Morgan fingerprint density at radius 3 is 2.58 bits per heavy atom. The number of nitrogen functional groups attached to an aromatic ring is 1. The molecule has 2 aromatic carbocycles. The summed E-state index contributed by atoms with van der Waals surface area (Å²) in [6, 6.07) is 9.21. The maximum Gasteiger partial charge on any atom is 0.255 e. The van der Waals surface area contributed by atoms with Gasteiger partial charge in [0.05, 0.1) is 5.69 Å². The van der Waals surface area contributed by atoms with Gasteiger partial charge in [-0.1, -0.05) is 12.1 Å². The monoisotopic (exact) mass is 260 g/mol. The predicted molar refractivity (Wildman–Crippen MR) is 70.6 cm³/mol. The van der Waals surface area contributed by atoms with Crippen LogP contribution in [0, 0.1) is 12.7 Å². The van der Waals surface area contributed by atoms with Gasteiger partial charge >= 0.3 is 0 Å². The number of aryl methyl sites for hydroxylation is 1. The van der Waals surface area contributed by atoms with E-state index in [1.165, 1.54) is 12.1 Å². The third kappa shape index (κ3) is 2.65. The van der Waals surface area contributed by atoms with Crippen LogP contribution in [-0.4, -0.2) is 5.91 Å². The van der Waals surface area contributed by atoms with Crippen LogP contribution in [0.2, 0.25) is 0 Å². The number of carbonyl (C=O) groups is 1. The van der Waals surface area contributed by atoms with Crippen molar-refractivity contribution in [2.45, 2.75) is 6.92 Å². The van der Waals surface area contributed by atoms with Crippen molar-refractivity contribution >= 4 is 11.6 Å². The van der Waals surface area contributed by atoms with Gasteiger partial charge in [0.25, 0.3) is 5.91 Å². The van der Waals surface area contributed by atoms with Crippen LogP contribution < -0.4 is 16.2 Å². The molecule has 98 valence electrons. The standard InChI is InChI=1S/C14H13FN2O2/c1-8-5-6-11(10(16)7-8)19-12-4-2-3-9(15)13(12)14(17)18/h2-7H,16H2,1H3,(H2,17,18). The second kappa shape index (κ2) is 4.97. The molecule has 0 spiro atoms. The molecule has 0 aliphatic rings. The van der Waals surface area contributed by atoms with Crippen LogP contribution in [0.25, 0.3) is 0 Å². The van der Waals surface area contributed by atoms with Gasteiger partial charge in [-0.2, -0.15) is 0 Å². The van der Waals surface area contributed by atoms with E-state index < -0.39 is 11.7 Å². The zero-order valence-corrected chi connectivity index (χ0v) is 10.3. The summed E-state index contributed by atoms with van der Waals surface area (Å²) >= 11 is 0. The van der Waals surface area contributed by atoms with Gasteiger partial charge in [-0.25, -0.2) is 4.39 Å². The molecule has 0 aliphatic heterocycles. The van der Waals surface area contributed by atoms with Crippen molar-refractivity contribution in [2.75, 3.05) is 5.73 Å². The van der Waals surface area contributed by atoms with Crippen molar-refractivity contribution in [1.29, 1.82) is 0 Å². The zero-order chi connectivity index (χ0) is 14.0. The largest absolute Gasteiger partial charge is 0.454 e. The smallest absolute Gasteiger partial charge is 0.255 e. The maximum absolute atomic E-state index is 13.6. The second-order valence-electron chi connectivity index (χ2n) is 4.12. The average Bonchev–Trinajstić information content (AvgIpc) is 2.32. The fraction of sp³-hybridized carbons (Fsp3) is 0.0714. The van der Waals surface area contributed by atoms with Crippen LogP contribution in [0.1, 0.15) is 15.9 Å². The van der Waals surface area contributed by atoms with E-state index in [1.54, 1.807) is 18.2 Å². The van der Waals surface area contributed by atoms with Crippen molar-refractivity contribution in [1.82, 2.24) is 0 Å². The summed E-state index contributed by atoms with van der Waals surface area (Å²) in [7, 11) is 0. The highest BCUT2D eigenvalue weighted by molar-refractivity contribution is 5.96. The van der Waals surface area contributed by atoms with Crippen LogP contribution in [0.4, 0.5) is 10.1 Å². The van der Waals surface area contributed by atoms with Gasteiger partial charge in [-0.3, -0.25) is 4.79 Å². The third-order valence-corrected chi connectivity index (χ3v) is 2.61. The number of hydrogen-bond donors (Lipinski definition) is 2. The Balaban J connectivity index is 2.44. The molecule has 0 unspecified atom stereocenters. The van der Waals surface area contributed by atoms with Gasteiger partial charge in [0.1, 0.15) is 22.9 Å². The van der Waals surface area contributed by atoms with E-state index in [0.717, 1.165) is 11.6 Å². The Hall–Kier alpha value is -2.56. The molecule has 0 heterocycles. The molecule has 2 aromatic rings. The maximum atomic E-state index is 13.6. The zero-order valence-electron chi connectivity index (χ0n) is 10.3. The molecule has 0 saturated heterocycles. The van der Waals surface area contributed by atoms with Crippen molar-refractivity contribution in [3.05, 3.63) is 53.3 Å². The lowest BCUT2D eigenvalue weighted by atomic mass is 10.1. The van der Waals surface area contributed by atoms with Crippen molar-refractivity contribution in [3.8, 4) is 11.5 Å². The van der Waals surface area contributed by atoms with E-state index in [4.69, 9.17) is 16.2 Å². The first-order valence-electron chi connectivity index (χ1n) is 5.61. The molecule has 4 N–H and O–H groups in total. The molecular weight excluding hydrogens is 247 g/mol. The molecule has 0 radical (unpaired) electrons. The second-order valence-corrected chi connectivity index (χ2v) is 4.12. The highest BCUT2D eigenvalue weighted by Gasteiger charge is 2.16. The Labute approximate surface area is 109 Å². The van der Waals surface area contributed by atoms with Crippen molar-refractivity contribution in [2.24, 2.45) is 5.73 Å². The summed E-state index contributed by atoms with van der Waals surface area (Å²) in [4.78, 5) is 11.2. The van der Waals surface area contributed by atoms with E-state index in [-0.39, 0.29) is 11.3 Å². The van der Waals surface area contributed by atoms with Crippen LogP contribution in [0.15, 0.2) is 36.4 Å². The number of hydrogen-bond acceptors (Lipinski definition) is 3. The Kier molecular flexibility index (Phi) is 3.37. The lowest BCUT2D eigenvalue weighted by Crippen LogP contribution is -2.14. The first kappa shape index (κ1) is 12.9. The molecule has 2 rings (SSSR count). The van der Waals surface area contributed by atoms with E-state index in [9.17, 15) is 9.18 Å². The number of ether oxygens (including phenoxy) is 1. The van der Waals surface area contributed by atoms with E-state index in [2.05, 4.69) is 0 Å². The van der Waals surface area contributed by atoms with Crippen LogP contribution >= 0.6 is 0 Å². The summed E-state index contributed by atoms with van der Waals surface area (Å²) in [6.07, 6.45) is 0. The van der Waals surface area contributed by atoms with Gasteiger partial charge in [0.2, 0.25) is 0 Å². The number of amides is 1. The summed E-state index contributed by atoms with van der Waals surface area (Å²) in [5.74, 6) is -1.23. The molecule has 0 bridgehead atoms. The summed E-state index contributed by atoms with van der Waals surface area (Å²) in [6.45, 7) is 1.89. The molecule has 5 heteroatoms. The van der Waals surface area contributed by atoms with Gasteiger partial charge < -0.3 is 16.2 Å². The topological polar surface area (TPSA) is 78.3 Å². The van der Waals surface area contributed by atoms with E-state index in [0.29, 0.717) is 11.4 Å². The predicted octanol–water partition coefficient (Wildman–Crippen LogP) is 2.61. The molecule has 0 fully saturated rings. The highest BCUT2D eigenvalue weighted by Crippen LogP contribution is 2.31. The van der Waals surface area contributed by atoms with E-state index in [1.807, 2.05) is 6.92 Å². The normalized spacial score (nSPS) is 10.2. The van der Waals surface area contributed by atoms with Gasteiger partial charge in [-0.15, -0.1) is 0 Å². The van der Waals surface area contributed by atoms with E-state index >= 15 is 0 Å². The fourth-order valence-electron chi connectivity index (χ4n) is 1.71. The lowest BCUT2D eigenvalue weighted by Gasteiger charge is -2.12. The number of benzene rings is 2. The van der Waals surface area contributed by atoms with Gasteiger partial charge in [0.15, 0.2) is 0 Å². The Morgan fingerprint density at radius 1 is 1.21 bits per heavy atom. The lowest BCUT2D eigenvalue weighted by molar-refractivity contribution is 0.0994.